The van der Waals surface area contributed by atoms with Crippen LogP contribution in [0.25, 0.3) is 0 Å². The van der Waals surface area contributed by atoms with Gasteiger partial charge in [0.25, 0.3) is 0 Å². The molecular formula is C17H27ClN2O. The molecular weight excluding hydrogens is 284 g/mol. The highest BCUT2D eigenvalue weighted by Crippen LogP contribution is 2.25. The summed E-state index contributed by atoms with van der Waals surface area (Å²) in [6.07, 6.45) is 1.64. The minimum atomic E-state index is 0. The van der Waals surface area contributed by atoms with E-state index in [1.54, 1.807) is 0 Å². The molecule has 1 aromatic carbocycles. The highest BCUT2D eigenvalue weighted by atomic mass is 35.5. The van der Waals surface area contributed by atoms with Crippen molar-refractivity contribution in [2.45, 2.75) is 45.6 Å². The molecule has 1 aliphatic heterocycles. The highest BCUT2D eigenvalue weighted by molar-refractivity contribution is 5.85. The number of aryl methyl sites for hydroxylation is 1. The molecule has 1 fully saturated rings. The number of hydrogen-bond donors (Lipinski definition) is 1. The fourth-order valence-electron chi connectivity index (χ4n) is 2.88. The fourth-order valence-corrected chi connectivity index (χ4v) is 2.88. The molecule has 1 N–H and O–H groups in total. The zero-order chi connectivity index (χ0) is 14.5. The minimum Gasteiger partial charge on any atom is -0.337 e. The zero-order valence-electron chi connectivity index (χ0n) is 13.3. The van der Waals surface area contributed by atoms with Gasteiger partial charge in [-0.2, -0.15) is 0 Å². The normalized spacial score (nSPS) is 19.8. The second kappa shape index (κ2) is 8.40. The third-order valence-electron chi connectivity index (χ3n) is 4.28. The van der Waals surface area contributed by atoms with Crippen molar-refractivity contribution in [1.29, 1.82) is 0 Å². The quantitative estimate of drug-likeness (QED) is 0.926. The Morgan fingerprint density at radius 3 is 2.62 bits per heavy atom. The Balaban J connectivity index is 0.00000220. The van der Waals surface area contributed by atoms with E-state index < -0.39 is 0 Å². The van der Waals surface area contributed by atoms with Crippen molar-refractivity contribution in [2.24, 2.45) is 0 Å². The lowest BCUT2D eigenvalue weighted by Crippen LogP contribution is -2.52. The fraction of sp³-hybridized carbons (Fsp3) is 0.588. The summed E-state index contributed by atoms with van der Waals surface area (Å²) in [5.74, 6) is 0.636. The number of halogens is 1. The van der Waals surface area contributed by atoms with Gasteiger partial charge in [0.1, 0.15) is 0 Å². The van der Waals surface area contributed by atoms with Crippen LogP contribution in [0.4, 0.5) is 0 Å². The monoisotopic (exact) mass is 310 g/mol. The summed E-state index contributed by atoms with van der Waals surface area (Å²) in [4.78, 5) is 14.6. The maximum absolute atomic E-state index is 12.5. The Bertz CT molecular complexity index is 447. The van der Waals surface area contributed by atoms with Crippen LogP contribution in [0.2, 0.25) is 0 Å². The highest BCUT2D eigenvalue weighted by Gasteiger charge is 2.25. The number of carbonyl (C=O) groups is 1. The van der Waals surface area contributed by atoms with Crippen molar-refractivity contribution in [1.82, 2.24) is 10.2 Å². The number of piperazine rings is 1. The lowest BCUT2D eigenvalue weighted by molar-refractivity contribution is -0.134. The Hall–Kier alpha value is -1.06. The van der Waals surface area contributed by atoms with Gasteiger partial charge in [-0.1, -0.05) is 36.8 Å². The molecule has 2 unspecified atom stereocenters. The first-order chi connectivity index (χ1) is 9.61. The molecule has 1 saturated heterocycles. The van der Waals surface area contributed by atoms with Gasteiger partial charge in [-0.3, -0.25) is 4.79 Å². The predicted molar refractivity (Wildman–Crippen MR) is 90.1 cm³/mol. The van der Waals surface area contributed by atoms with Crippen LogP contribution in [0, 0.1) is 6.92 Å². The molecule has 4 heteroatoms. The summed E-state index contributed by atoms with van der Waals surface area (Å²) in [5, 5.41) is 3.33. The standard InChI is InChI=1S/C17H26N2O.ClH/c1-4-15(16-7-5-13(2)6-8-16)11-17(20)19-10-9-18-12-14(19)3;/h5-8,14-15,18H,4,9-12H2,1-3H3;1H. The van der Waals surface area contributed by atoms with Crippen molar-refractivity contribution < 1.29 is 4.79 Å². The van der Waals surface area contributed by atoms with E-state index >= 15 is 0 Å². The molecule has 1 heterocycles. The molecule has 0 aromatic heterocycles. The van der Waals surface area contributed by atoms with Crippen molar-refractivity contribution in [3.8, 4) is 0 Å². The molecule has 2 rings (SSSR count). The third kappa shape index (κ3) is 4.72. The third-order valence-corrected chi connectivity index (χ3v) is 4.28. The number of benzene rings is 1. The first-order valence-corrected chi connectivity index (χ1v) is 7.68. The van der Waals surface area contributed by atoms with Crippen molar-refractivity contribution in [2.75, 3.05) is 19.6 Å². The number of hydrogen-bond acceptors (Lipinski definition) is 2. The molecule has 1 aromatic rings. The molecule has 3 nitrogen and oxygen atoms in total. The Morgan fingerprint density at radius 2 is 2.05 bits per heavy atom. The SMILES string of the molecule is CCC(CC(=O)N1CCNCC1C)c1ccc(C)cc1.Cl. The topological polar surface area (TPSA) is 32.3 Å². The molecule has 0 spiro atoms. The van der Waals surface area contributed by atoms with Gasteiger partial charge in [0.15, 0.2) is 0 Å². The molecule has 0 radical (unpaired) electrons. The molecule has 2 atom stereocenters. The van der Waals surface area contributed by atoms with E-state index in [0.717, 1.165) is 26.1 Å². The maximum atomic E-state index is 12.5. The summed E-state index contributed by atoms with van der Waals surface area (Å²) < 4.78 is 0. The van der Waals surface area contributed by atoms with Gasteiger partial charge in [-0.15, -0.1) is 12.4 Å². The Labute approximate surface area is 134 Å². The van der Waals surface area contributed by atoms with Crippen LogP contribution in [-0.2, 0) is 4.79 Å². The van der Waals surface area contributed by atoms with Gasteiger partial charge in [-0.05, 0) is 31.7 Å². The van der Waals surface area contributed by atoms with Crippen LogP contribution in [0.3, 0.4) is 0 Å². The summed E-state index contributed by atoms with van der Waals surface area (Å²) in [5.41, 5.74) is 2.56. The van der Waals surface area contributed by atoms with Crippen molar-refractivity contribution in [3.05, 3.63) is 35.4 Å². The van der Waals surface area contributed by atoms with Crippen LogP contribution in [0.5, 0.6) is 0 Å². The largest absolute Gasteiger partial charge is 0.337 e. The van der Waals surface area contributed by atoms with Crippen LogP contribution < -0.4 is 5.32 Å². The van der Waals surface area contributed by atoms with Crippen LogP contribution in [0.1, 0.15) is 43.7 Å². The number of carbonyl (C=O) groups excluding carboxylic acids is 1. The molecule has 0 aliphatic carbocycles. The zero-order valence-corrected chi connectivity index (χ0v) is 14.1. The molecule has 118 valence electrons. The number of rotatable bonds is 4. The second-order valence-corrected chi connectivity index (χ2v) is 5.86. The summed E-state index contributed by atoms with van der Waals surface area (Å²) in [7, 11) is 0. The minimum absolute atomic E-state index is 0. The predicted octanol–water partition coefficient (Wildman–Crippen LogP) is 3.12. The first kappa shape index (κ1) is 18.0. The number of nitrogens with one attached hydrogen (secondary N) is 1. The van der Waals surface area contributed by atoms with Gasteiger partial charge in [0.05, 0.1) is 0 Å². The van der Waals surface area contributed by atoms with Gasteiger partial charge in [0, 0.05) is 32.1 Å². The van der Waals surface area contributed by atoms with E-state index in [2.05, 4.69) is 50.4 Å². The molecule has 1 amide bonds. The first-order valence-electron chi connectivity index (χ1n) is 7.68. The van der Waals surface area contributed by atoms with E-state index in [-0.39, 0.29) is 12.4 Å². The van der Waals surface area contributed by atoms with Gasteiger partial charge in [-0.25, -0.2) is 0 Å². The molecule has 1 aliphatic rings. The Morgan fingerprint density at radius 1 is 1.38 bits per heavy atom. The molecule has 0 bridgehead atoms. The maximum Gasteiger partial charge on any atom is 0.223 e. The van der Waals surface area contributed by atoms with Gasteiger partial charge < -0.3 is 10.2 Å². The van der Waals surface area contributed by atoms with Crippen molar-refractivity contribution in [3.63, 3.8) is 0 Å². The number of amides is 1. The van der Waals surface area contributed by atoms with Crippen LogP contribution in [0.15, 0.2) is 24.3 Å². The van der Waals surface area contributed by atoms with Crippen LogP contribution >= 0.6 is 12.4 Å². The van der Waals surface area contributed by atoms with E-state index in [9.17, 15) is 4.79 Å². The summed E-state index contributed by atoms with van der Waals surface area (Å²) in [6, 6.07) is 8.91. The lowest BCUT2D eigenvalue weighted by atomic mass is 9.92. The number of nitrogens with zero attached hydrogens (tertiary/aromatic N) is 1. The van der Waals surface area contributed by atoms with Gasteiger partial charge >= 0.3 is 0 Å². The summed E-state index contributed by atoms with van der Waals surface area (Å²) >= 11 is 0. The van der Waals surface area contributed by atoms with E-state index in [0.29, 0.717) is 24.3 Å². The average Bonchev–Trinajstić information content (AvgIpc) is 2.46. The van der Waals surface area contributed by atoms with E-state index in [4.69, 9.17) is 0 Å². The van der Waals surface area contributed by atoms with E-state index in [1.807, 2.05) is 4.90 Å². The average molecular weight is 311 g/mol. The lowest BCUT2D eigenvalue weighted by Gasteiger charge is -2.35. The Kier molecular flexibility index (Phi) is 7.20. The molecule has 21 heavy (non-hydrogen) atoms. The smallest absolute Gasteiger partial charge is 0.223 e. The molecule has 0 saturated carbocycles. The van der Waals surface area contributed by atoms with Crippen molar-refractivity contribution >= 4 is 18.3 Å². The second-order valence-electron chi connectivity index (χ2n) is 5.86. The van der Waals surface area contributed by atoms with Gasteiger partial charge in [0.2, 0.25) is 5.91 Å². The summed E-state index contributed by atoms with van der Waals surface area (Å²) in [6.45, 7) is 9.04. The van der Waals surface area contributed by atoms with Crippen LogP contribution in [-0.4, -0.2) is 36.5 Å². The van der Waals surface area contributed by atoms with E-state index in [1.165, 1.54) is 11.1 Å².